The molecule has 0 unspecified atom stereocenters. The highest BCUT2D eigenvalue weighted by Crippen LogP contribution is 1.88. The van der Waals surface area contributed by atoms with Crippen molar-refractivity contribution in [3.63, 3.8) is 0 Å². The van der Waals surface area contributed by atoms with Crippen LogP contribution in [0.2, 0.25) is 0 Å². The molecule has 0 bridgehead atoms. The highest BCUT2D eigenvalue weighted by molar-refractivity contribution is 7.79. The van der Waals surface area contributed by atoms with Gasteiger partial charge in [0.05, 0.1) is 0 Å². The summed E-state index contributed by atoms with van der Waals surface area (Å²) >= 11 is 0. The van der Waals surface area contributed by atoms with Crippen LogP contribution in [0.25, 0.3) is 0 Å². The van der Waals surface area contributed by atoms with E-state index in [0.29, 0.717) is 0 Å². The summed E-state index contributed by atoms with van der Waals surface area (Å²) in [5, 5.41) is 7.57. The first kappa shape index (κ1) is 18.5. The van der Waals surface area contributed by atoms with Crippen LogP contribution >= 0.6 is 0 Å². The van der Waals surface area contributed by atoms with Crippen molar-refractivity contribution in [2.45, 2.75) is 33.2 Å². The molecule has 0 aromatic rings. The fraction of sp³-hybridized carbons (Fsp3) is 1.00. The molecule has 0 radical (unpaired) electrons. The first-order valence-corrected chi connectivity index (χ1v) is 4.91. The van der Waals surface area contributed by atoms with Crippen LogP contribution in [0.4, 0.5) is 0 Å². The molecule has 0 aliphatic rings. The molecule has 84 valence electrons. The standard InChI is InChI=1S/C4H11N.C2H6O.H2O4S/c1-4(2,3)5;1-2-3;1-5(2,3)4/h5H2,1-3H3;3H,2H2,1H3;(H2,1,2,3,4). The lowest BCUT2D eigenvalue weighted by atomic mass is 10.1. The average molecular weight is 217 g/mol. The molecular formula is C6H19NO5S. The second-order valence-electron chi connectivity index (χ2n) is 3.13. The van der Waals surface area contributed by atoms with Crippen molar-refractivity contribution < 1.29 is 22.6 Å². The Morgan fingerprint density at radius 2 is 1.23 bits per heavy atom. The lowest BCUT2D eigenvalue weighted by Crippen LogP contribution is -2.26. The third-order valence-electron chi connectivity index (χ3n) is 0. The summed E-state index contributed by atoms with van der Waals surface area (Å²) in [7, 11) is -4.67. The molecule has 0 saturated heterocycles. The van der Waals surface area contributed by atoms with E-state index in [-0.39, 0.29) is 12.1 Å². The second-order valence-corrected chi connectivity index (χ2v) is 4.03. The molecule has 6 nitrogen and oxygen atoms in total. The van der Waals surface area contributed by atoms with Gasteiger partial charge in [-0.05, 0) is 27.7 Å². The number of hydrogen-bond acceptors (Lipinski definition) is 4. The topological polar surface area (TPSA) is 121 Å². The second kappa shape index (κ2) is 8.39. The van der Waals surface area contributed by atoms with E-state index >= 15 is 0 Å². The zero-order valence-electron chi connectivity index (χ0n) is 8.35. The van der Waals surface area contributed by atoms with Gasteiger partial charge < -0.3 is 10.8 Å². The maximum Gasteiger partial charge on any atom is 0.394 e. The van der Waals surface area contributed by atoms with Crippen LogP contribution < -0.4 is 5.73 Å². The van der Waals surface area contributed by atoms with Crippen molar-refractivity contribution in [3.05, 3.63) is 0 Å². The van der Waals surface area contributed by atoms with E-state index in [1.807, 2.05) is 20.8 Å². The molecular weight excluding hydrogens is 198 g/mol. The van der Waals surface area contributed by atoms with Gasteiger partial charge in [-0.3, -0.25) is 9.11 Å². The predicted molar refractivity (Wildman–Crippen MR) is 50.9 cm³/mol. The van der Waals surface area contributed by atoms with Gasteiger partial charge in [0.2, 0.25) is 0 Å². The van der Waals surface area contributed by atoms with Crippen LogP contribution in [0, 0.1) is 0 Å². The molecule has 0 aromatic carbocycles. The van der Waals surface area contributed by atoms with E-state index < -0.39 is 10.4 Å². The van der Waals surface area contributed by atoms with E-state index in [2.05, 4.69) is 0 Å². The van der Waals surface area contributed by atoms with Gasteiger partial charge in [-0.2, -0.15) is 8.42 Å². The SMILES string of the molecule is CC(C)(C)N.CCO.O=S(=O)(O)O. The summed E-state index contributed by atoms with van der Waals surface area (Å²) < 4.78 is 31.6. The van der Waals surface area contributed by atoms with Crippen LogP contribution in [0.3, 0.4) is 0 Å². The van der Waals surface area contributed by atoms with Crippen LogP contribution in [-0.2, 0) is 10.4 Å². The summed E-state index contributed by atoms with van der Waals surface area (Å²) in [6, 6.07) is 0. The number of aliphatic hydroxyl groups excluding tert-OH is 1. The number of aliphatic hydroxyl groups is 1. The summed E-state index contributed by atoms with van der Waals surface area (Å²) in [4.78, 5) is 0. The Bertz CT molecular complexity index is 168. The monoisotopic (exact) mass is 217 g/mol. The van der Waals surface area contributed by atoms with E-state index in [9.17, 15) is 0 Å². The minimum Gasteiger partial charge on any atom is -0.397 e. The van der Waals surface area contributed by atoms with Crippen LogP contribution in [0.15, 0.2) is 0 Å². The van der Waals surface area contributed by atoms with Gasteiger partial charge in [0, 0.05) is 12.1 Å². The molecule has 0 amide bonds. The number of rotatable bonds is 0. The maximum absolute atomic E-state index is 8.74. The molecule has 0 atom stereocenters. The van der Waals surface area contributed by atoms with Gasteiger partial charge in [0.1, 0.15) is 0 Å². The summed E-state index contributed by atoms with van der Waals surface area (Å²) in [6.07, 6.45) is 0. The van der Waals surface area contributed by atoms with Gasteiger partial charge in [0.15, 0.2) is 0 Å². The van der Waals surface area contributed by atoms with E-state index in [1.165, 1.54) is 0 Å². The van der Waals surface area contributed by atoms with Crippen LogP contribution in [-0.4, -0.2) is 34.8 Å². The molecule has 0 aromatic heterocycles. The molecule has 5 N–H and O–H groups in total. The maximum atomic E-state index is 8.74. The average Bonchev–Trinajstić information content (AvgIpc) is 1.52. The third-order valence-corrected chi connectivity index (χ3v) is 0. The quantitative estimate of drug-likeness (QED) is 0.427. The zero-order valence-corrected chi connectivity index (χ0v) is 9.17. The van der Waals surface area contributed by atoms with Gasteiger partial charge >= 0.3 is 10.4 Å². The minimum atomic E-state index is -4.67. The molecule has 13 heavy (non-hydrogen) atoms. The Labute approximate surface area is 79.3 Å². The summed E-state index contributed by atoms with van der Waals surface area (Å²) in [6.45, 7) is 7.83. The smallest absolute Gasteiger partial charge is 0.394 e. The van der Waals surface area contributed by atoms with Crippen molar-refractivity contribution in [2.24, 2.45) is 5.73 Å². The van der Waals surface area contributed by atoms with Crippen molar-refractivity contribution >= 4 is 10.4 Å². The van der Waals surface area contributed by atoms with Gasteiger partial charge in [-0.25, -0.2) is 0 Å². The minimum absolute atomic E-state index is 0. The molecule has 0 rings (SSSR count). The van der Waals surface area contributed by atoms with Crippen LogP contribution in [0.5, 0.6) is 0 Å². The molecule has 0 fully saturated rings. The third kappa shape index (κ3) is 25600. The lowest BCUT2D eigenvalue weighted by Gasteiger charge is -2.06. The van der Waals surface area contributed by atoms with E-state index in [4.69, 9.17) is 28.4 Å². The molecule has 0 aliphatic heterocycles. The lowest BCUT2D eigenvalue weighted by molar-refractivity contribution is 0.318. The molecule has 7 heteroatoms. The molecule has 0 saturated carbocycles. The molecule has 0 aliphatic carbocycles. The van der Waals surface area contributed by atoms with E-state index in [0.717, 1.165) is 0 Å². The van der Waals surface area contributed by atoms with Crippen molar-refractivity contribution in [1.29, 1.82) is 0 Å². The zero-order chi connectivity index (χ0) is 11.7. The highest BCUT2D eigenvalue weighted by atomic mass is 32.3. The van der Waals surface area contributed by atoms with Crippen molar-refractivity contribution in [2.75, 3.05) is 6.61 Å². The van der Waals surface area contributed by atoms with E-state index in [1.54, 1.807) is 6.92 Å². The fourth-order valence-electron chi connectivity index (χ4n) is 0. The Kier molecular flexibility index (Phi) is 12.0. The Balaban J connectivity index is -0.000000120. The number of hydrogen-bond donors (Lipinski definition) is 4. The first-order valence-electron chi connectivity index (χ1n) is 3.51. The normalized spacial score (nSPS) is 10.5. The Hall–Kier alpha value is -0.210. The predicted octanol–water partition coefficient (Wildman–Crippen LogP) is 0.0894. The fourth-order valence-corrected chi connectivity index (χ4v) is 0. The highest BCUT2D eigenvalue weighted by Gasteiger charge is 1.95. The van der Waals surface area contributed by atoms with Gasteiger partial charge in [-0.15, -0.1) is 0 Å². The molecule has 0 spiro atoms. The van der Waals surface area contributed by atoms with Crippen LogP contribution in [0.1, 0.15) is 27.7 Å². The summed E-state index contributed by atoms with van der Waals surface area (Å²) in [5.74, 6) is 0. The van der Waals surface area contributed by atoms with Crippen molar-refractivity contribution in [3.8, 4) is 0 Å². The van der Waals surface area contributed by atoms with Gasteiger partial charge in [0.25, 0.3) is 0 Å². The summed E-state index contributed by atoms with van der Waals surface area (Å²) in [5.41, 5.74) is 5.35. The molecule has 0 heterocycles. The largest absolute Gasteiger partial charge is 0.397 e. The Morgan fingerprint density at radius 1 is 1.23 bits per heavy atom. The van der Waals surface area contributed by atoms with Gasteiger partial charge in [-0.1, -0.05) is 0 Å². The Morgan fingerprint density at radius 3 is 1.23 bits per heavy atom. The van der Waals surface area contributed by atoms with Crippen molar-refractivity contribution in [1.82, 2.24) is 0 Å². The number of nitrogens with two attached hydrogens (primary N) is 1. The first-order chi connectivity index (χ1) is 5.41.